The van der Waals surface area contributed by atoms with Gasteiger partial charge >= 0.3 is 0 Å². The number of carbonyl (C=O) groups is 1. The molecule has 0 heterocycles. The van der Waals surface area contributed by atoms with Gasteiger partial charge in [0.05, 0.1) is 27.9 Å². The van der Waals surface area contributed by atoms with E-state index in [1.165, 1.54) is 12.1 Å². The van der Waals surface area contributed by atoms with Crippen molar-refractivity contribution in [2.24, 2.45) is 0 Å². The number of anilines is 1. The molecule has 1 N–H and O–H groups in total. The van der Waals surface area contributed by atoms with Crippen LogP contribution in [0.2, 0.25) is 20.1 Å². The highest BCUT2D eigenvalue weighted by Gasteiger charge is 2.14. The molecule has 156 valence electrons. The Balaban J connectivity index is 1.80. The highest BCUT2D eigenvalue weighted by molar-refractivity contribution is 6.44. The molecular formula is C22H17Cl4NO3. The molecule has 8 heteroatoms. The first-order valence-corrected chi connectivity index (χ1v) is 10.3. The highest BCUT2D eigenvalue weighted by atomic mass is 35.5. The Morgan fingerprint density at radius 2 is 1.63 bits per heavy atom. The van der Waals surface area contributed by atoms with E-state index in [4.69, 9.17) is 55.9 Å². The monoisotopic (exact) mass is 483 g/mol. The molecule has 0 bridgehead atoms. The number of aryl methyl sites for hydroxylation is 1. The minimum atomic E-state index is -0.360. The van der Waals surface area contributed by atoms with Crippen LogP contribution in [0.5, 0.6) is 11.5 Å². The lowest BCUT2D eigenvalue weighted by Crippen LogP contribution is -2.13. The highest BCUT2D eigenvalue weighted by Crippen LogP contribution is 2.33. The van der Waals surface area contributed by atoms with Crippen molar-refractivity contribution in [2.45, 2.75) is 13.5 Å². The zero-order valence-corrected chi connectivity index (χ0v) is 19.1. The van der Waals surface area contributed by atoms with Gasteiger partial charge in [0, 0.05) is 16.1 Å². The van der Waals surface area contributed by atoms with Crippen molar-refractivity contribution < 1.29 is 14.3 Å². The molecule has 0 spiro atoms. The molecule has 0 radical (unpaired) electrons. The van der Waals surface area contributed by atoms with E-state index < -0.39 is 0 Å². The van der Waals surface area contributed by atoms with Crippen LogP contribution in [0.3, 0.4) is 0 Å². The molecule has 0 fully saturated rings. The van der Waals surface area contributed by atoms with Crippen LogP contribution in [0, 0.1) is 6.92 Å². The van der Waals surface area contributed by atoms with Gasteiger partial charge in [-0.15, -0.1) is 0 Å². The van der Waals surface area contributed by atoms with Crippen molar-refractivity contribution in [3.63, 3.8) is 0 Å². The summed E-state index contributed by atoms with van der Waals surface area (Å²) in [6.07, 6.45) is 0. The number of hydrogen-bond donors (Lipinski definition) is 1. The zero-order valence-electron chi connectivity index (χ0n) is 16.1. The molecular weight excluding hydrogens is 468 g/mol. The van der Waals surface area contributed by atoms with E-state index in [0.717, 1.165) is 5.56 Å². The maximum absolute atomic E-state index is 12.7. The lowest BCUT2D eigenvalue weighted by atomic mass is 10.1. The number of nitrogens with one attached hydrogen (secondary N) is 1. The van der Waals surface area contributed by atoms with E-state index in [0.29, 0.717) is 43.4 Å². The minimum Gasteiger partial charge on any atom is -0.496 e. The van der Waals surface area contributed by atoms with E-state index in [-0.39, 0.29) is 17.5 Å². The van der Waals surface area contributed by atoms with Gasteiger partial charge in [0.15, 0.2) is 0 Å². The average Bonchev–Trinajstić information content (AvgIpc) is 2.72. The molecule has 0 atom stereocenters. The third-order valence-electron chi connectivity index (χ3n) is 4.32. The number of methoxy groups -OCH3 is 1. The van der Waals surface area contributed by atoms with E-state index in [9.17, 15) is 4.79 Å². The number of ether oxygens (including phenoxy) is 2. The fourth-order valence-electron chi connectivity index (χ4n) is 2.71. The van der Waals surface area contributed by atoms with Gasteiger partial charge in [-0.05, 0) is 61.0 Å². The Labute approximate surface area is 194 Å². The van der Waals surface area contributed by atoms with E-state index in [1.54, 1.807) is 37.4 Å². The molecule has 0 aliphatic carbocycles. The molecule has 3 rings (SSSR count). The first kappa shape index (κ1) is 22.6. The van der Waals surface area contributed by atoms with Gasteiger partial charge in [0.25, 0.3) is 5.91 Å². The first-order valence-electron chi connectivity index (χ1n) is 8.80. The van der Waals surface area contributed by atoms with Gasteiger partial charge in [-0.3, -0.25) is 4.79 Å². The van der Waals surface area contributed by atoms with Crippen LogP contribution in [-0.2, 0) is 6.61 Å². The summed E-state index contributed by atoms with van der Waals surface area (Å²) < 4.78 is 11.2. The van der Waals surface area contributed by atoms with E-state index in [2.05, 4.69) is 5.32 Å². The lowest BCUT2D eigenvalue weighted by Gasteiger charge is -2.13. The maximum atomic E-state index is 12.7. The number of halogens is 4. The predicted octanol–water partition coefficient (Wildman–Crippen LogP) is 7.45. The van der Waals surface area contributed by atoms with Crippen molar-refractivity contribution in [1.82, 2.24) is 0 Å². The number of benzene rings is 3. The van der Waals surface area contributed by atoms with Crippen molar-refractivity contribution >= 4 is 58.0 Å². The summed E-state index contributed by atoms with van der Waals surface area (Å²) in [6.45, 7) is 2.10. The summed E-state index contributed by atoms with van der Waals surface area (Å²) in [6, 6.07) is 13.4. The summed E-state index contributed by atoms with van der Waals surface area (Å²) in [4.78, 5) is 12.7. The number of carbonyl (C=O) groups excluding carboxylic acids is 1. The van der Waals surface area contributed by atoms with Crippen LogP contribution < -0.4 is 14.8 Å². The summed E-state index contributed by atoms with van der Waals surface area (Å²) in [7, 11) is 1.56. The van der Waals surface area contributed by atoms with E-state index >= 15 is 0 Å². The van der Waals surface area contributed by atoms with Crippen LogP contribution in [0.25, 0.3) is 0 Å². The first-order chi connectivity index (χ1) is 14.3. The fourth-order valence-corrected chi connectivity index (χ4v) is 3.43. The molecule has 0 aromatic heterocycles. The van der Waals surface area contributed by atoms with Gasteiger partial charge in [0.2, 0.25) is 0 Å². The zero-order chi connectivity index (χ0) is 21.8. The Bertz CT molecular complexity index is 1100. The Hall–Kier alpha value is -2.11. The quantitative estimate of drug-likeness (QED) is 0.369. The molecule has 0 saturated heterocycles. The average molecular weight is 485 g/mol. The number of hydrogen-bond acceptors (Lipinski definition) is 3. The molecule has 0 aliphatic heterocycles. The van der Waals surface area contributed by atoms with Crippen LogP contribution in [0.1, 0.15) is 21.5 Å². The Morgan fingerprint density at radius 3 is 2.33 bits per heavy atom. The summed E-state index contributed by atoms with van der Waals surface area (Å²) in [5, 5.41) is 4.28. The van der Waals surface area contributed by atoms with Gasteiger partial charge in [-0.2, -0.15) is 0 Å². The normalized spacial score (nSPS) is 10.6. The van der Waals surface area contributed by atoms with Gasteiger partial charge in [-0.25, -0.2) is 0 Å². The second-order valence-corrected chi connectivity index (χ2v) is 8.06. The van der Waals surface area contributed by atoms with E-state index in [1.807, 2.05) is 13.0 Å². The van der Waals surface area contributed by atoms with Crippen LogP contribution >= 0.6 is 46.4 Å². The maximum Gasteiger partial charge on any atom is 0.255 e. The minimum absolute atomic E-state index is 0.207. The SMILES string of the molecule is COc1ccc(C(=O)Nc2cc(Cl)c(Cl)cc2Cl)cc1COc1ccc(Cl)c(C)c1. The molecule has 3 aromatic rings. The smallest absolute Gasteiger partial charge is 0.255 e. The molecule has 0 aliphatic rings. The molecule has 1 amide bonds. The third-order valence-corrected chi connectivity index (χ3v) is 5.78. The Kier molecular flexibility index (Phi) is 7.37. The Morgan fingerprint density at radius 1 is 0.900 bits per heavy atom. The molecule has 4 nitrogen and oxygen atoms in total. The molecule has 3 aromatic carbocycles. The largest absolute Gasteiger partial charge is 0.496 e. The second kappa shape index (κ2) is 9.80. The van der Waals surface area contributed by atoms with Crippen molar-refractivity contribution in [2.75, 3.05) is 12.4 Å². The molecule has 0 saturated carbocycles. The van der Waals surface area contributed by atoms with Crippen LogP contribution in [0.4, 0.5) is 5.69 Å². The summed E-state index contributed by atoms with van der Waals surface area (Å²) >= 11 is 24.1. The number of rotatable bonds is 6. The van der Waals surface area contributed by atoms with Crippen molar-refractivity contribution in [3.05, 3.63) is 85.3 Å². The second-order valence-electron chi connectivity index (χ2n) is 6.43. The number of amides is 1. The van der Waals surface area contributed by atoms with Crippen molar-refractivity contribution in [1.29, 1.82) is 0 Å². The summed E-state index contributed by atoms with van der Waals surface area (Å²) in [5.74, 6) is 0.905. The standard InChI is InChI=1S/C22H17Cl4NO3/c1-12-7-15(4-5-16(12)23)30-11-14-8-13(3-6-21(14)29-2)22(28)27-20-10-18(25)17(24)9-19(20)26/h3-10H,11H2,1-2H3,(H,27,28). The van der Waals surface area contributed by atoms with Crippen molar-refractivity contribution in [3.8, 4) is 11.5 Å². The predicted molar refractivity (Wildman–Crippen MR) is 123 cm³/mol. The van der Waals surface area contributed by atoms with Crippen LogP contribution in [0.15, 0.2) is 48.5 Å². The fraction of sp³-hybridized carbons (Fsp3) is 0.136. The summed E-state index contributed by atoms with van der Waals surface area (Å²) in [5.41, 5.74) is 2.39. The topological polar surface area (TPSA) is 47.6 Å². The van der Waals surface area contributed by atoms with Gasteiger partial charge < -0.3 is 14.8 Å². The molecule has 30 heavy (non-hydrogen) atoms. The third kappa shape index (κ3) is 5.32. The van der Waals surface area contributed by atoms with Gasteiger partial charge in [-0.1, -0.05) is 46.4 Å². The van der Waals surface area contributed by atoms with Crippen LogP contribution in [-0.4, -0.2) is 13.0 Å². The molecule has 0 unspecified atom stereocenters. The van der Waals surface area contributed by atoms with Gasteiger partial charge in [0.1, 0.15) is 18.1 Å². The lowest BCUT2D eigenvalue weighted by molar-refractivity contribution is 0.102.